The molecule has 154 valence electrons. The lowest BCUT2D eigenvalue weighted by molar-refractivity contribution is -0.130. The van der Waals surface area contributed by atoms with E-state index in [4.69, 9.17) is 5.73 Å². The summed E-state index contributed by atoms with van der Waals surface area (Å²) in [4.78, 5) is 37.0. The van der Waals surface area contributed by atoms with Gasteiger partial charge in [-0.3, -0.25) is 9.59 Å². The summed E-state index contributed by atoms with van der Waals surface area (Å²) in [5, 5.41) is 2.85. The van der Waals surface area contributed by atoms with E-state index in [-0.39, 0.29) is 17.9 Å². The van der Waals surface area contributed by atoms with Crippen LogP contribution in [-0.4, -0.2) is 58.9 Å². The quantitative estimate of drug-likeness (QED) is 0.734. The van der Waals surface area contributed by atoms with Gasteiger partial charge in [0.15, 0.2) is 0 Å². The molecule has 1 aromatic heterocycles. The maximum absolute atomic E-state index is 12.6. The number of nitrogens with one attached hydrogen (secondary N) is 1. The van der Waals surface area contributed by atoms with E-state index in [0.29, 0.717) is 38.3 Å². The summed E-state index contributed by atoms with van der Waals surface area (Å²) in [7, 11) is 0. The molecule has 0 bridgehead atoms. The van der Waals surface area contributed by atoms with E-state index < -0.39 is 0 Å². The number of hydrogen-bond donors (Lipinski definition) is 2. The summed E-state index contributed by atoms with van der Waals surface area (Å²) in [6.45, 7) is 4.65. The maximum atomic E-state index is 12.6. The molecule has 0 saturated carbocycles. The van der Waals surface area contributed by atoms with Crippen molar-refractivity contribution < 1.29 is 9.59 Å². The number of rotatable bonds is 7. The molecule has 3 rings (SSSR count). The fourth-order valence-corrected chi connectivity index (χ4v) is 3.18. The Labute approximate surface area is 171 Å². The zero-order valence-electron chi connectivity index (χ0n) is 16.8. The van der Waals surface area contributed by atoms with Crippen LogP contribution >= 0.6 is 0 Å². The Morgan fingerprint density at radius 2 is 1.76 bits per heavy atom. The highest BCUT2D eigenvalue weighted by molar-refractivity contribution is 5.90. The largest absolute Gasteiger partial charge is 0.339 e. The Bertz CT molecular complexity index is 802. The van der Waals surface area contributed by atoms with Gasteiger partial charge in [0.2, 0.25) is 17.8 Å². The zero-order valence-corrected chi connectivity index (χ0v) is 16.8. The van der Waals surface area contributed by atoms with Crippen molar-refractivity contribution in [1.29, 1.82) is 0 Å². The van der Waals surface area contributed by atoms with Crippen molar-refractivity contribution >= 4 is 23.5 Å². The third-order valence-electron chi connectivity index (χ3n) is 4.89. The minimum absolute atomic E-state index is 0.0104. The summed E-state index contributed by atoms with van der Waals surface area (Å²) < 4.78 is 0. The van der Waals surface area contributed by atoms with Crippen LogP contribution in [0, 0.1) is 0 Å². The number of aromatic nitrogens is 2. The predicted octanol–water partition coefficient (Wildman–Crippen LogP) is 1.43. The number of amides is 2. The van der Waals surface area contributed by atoms with E-state index in [1.807, 2.05) is 36.1 Å². The summed E-state index contributed by atoms with van der Waals surface area (Å²) in [6, 6.07) is 9.23. The first-order chi connectivity index (χ1) is 14.0. The van der Waals surface area contributed by atoms with E-state index in [9.17, 15) is 9.59 Å². The second-order valence-electron chi connectivity index (χ2n) is 7.35. The van der Waals surface area contributed by atoms with Gasteiger partial charge < -0.3 is 20.9 Å². The minimum Gasteiger partial charge on any atom is -0.339 e. The first kappa shape index (κ1) is 20.7. The number of nitrogens with zero attached hydrogens (tertiary/aromatic N) is 4. The molecule has 1 unspecified atom stereocenters. The van der Waals surface area contributed by atoms with Gasteiger partial charge in [-0.25, -0.2) is 9.97 Å². The van der Waals surface area contributed by atoms with E-state index in [1.165, 1.54) is 0 Å². The summed E-state index contributed by atoms with van der Waals surface area (Å²) >= 11 is 0. The van der Waals surface area contributed by atoms with Gasteiger partial charge >= 0.3 is 0 Å². The van der Waals surface area contributed by atoms with Gasteiger partial charge in [0.1, 0.15) is 0 Å². The zero-order chi connectivity index (χ0) is 20.6. The van der Waals surface area contributed by atoms with Crippen molar-refractivity contribution in [3.05, 3.63) is 48.3 Å². The molecular formula is C21H28N6O2. The Morgan fingerprint density at radius 3 is 2.38 bits per heavy atom. The third-order valence-corrected chi connectivity index (χ3v) is 4.89. The Balaban J connectivity index is 1.45. The summed E-state index contributed by atoms with van der Waals surface area (Å²) in [6.07, 6.45) is 4.86. The van der Waals surface area contributed by atoms with Crippen LogP contribution < -0.4 is 16.0 Å². The first-order valence-corrected chi connectivity index (χ1v) is 9.95. The molecule has 0 radical (unpaired) electrons. The molecule has 0 aliphatic carbocycles. The molecule has 29 heavy (non-hydrogen) atoms. The highest BCUT2D eigenvalue weighted by atomic mass is 16.2. The molecule has 2 aromatic rings. The van der Waals surface area contributed by atoms with Crippen LogP contribution in [0.15, 0.2) is 42.7 Å². The van der Waals surface area contributed by atoms with Gasteiger partial charge in [-0.05, 0) is 37.1 Å². The fraction of sp³-hybridized carbons (Fsp3) is 0.429. The summed E-state index contributed by atoms with van der Waals surface area (Å²) in [5.41, 5.74) is 7.33. The lowest BCUT2D eigenvalue weighted by Gasteiger charge is -2.34. The topological polar surface area (TPSA) is 104 Å². The van der Waals surface area contributed by atoms with Gasteiger partial charge in [-0.2, -0.15) is 0 Å². The Hall–Kier alpha value is -3.00. The van der Waals surface area contributed by atoms with Gasteiger partial charge in [0.05, 0.1) is 6.42 Å². The second kappa shape index (κ2) is 9.97. The monoisotopic (exact) mass is 396 g/mol. The lowest BCUT2D eigenvalue weighted by Crippen LogP contribution is -2.49. The molecule has 2 amide bonds. The number of piperazine rings is 1. The normalized spacial score (nSPS) is 15.1. The van der Waals surface area contributed by atoms with Crippen molar-refractivity contribution in [3.8, 4) is 0 Å². The summed E-state index contributed by atoms with van der Waals surface area (Å²) in [5.74, 6) is 0.761. The van der Waals surface area contributed by atoms with Crippen LogP contribution in [0.3, 0.4) is 0 Å². The molecule has 0 spiro atoms. The van der Waals surface area contributed by atoms with Crippen molar-refractivity contribution in [1.82, 2.24) is 14.9 Å². The number of hydrogen-bond acceptors (Lipinski definition) is 6. The number of carbonyl (C=O) groups is 2. The van der Waals surface area contributed by atoms with E-state index in [1.54, 1.807) is 18.5 Å². The minimum atomic E-state index is -0.0496. The lowest BCUT2D eigenvalue weighted by atomic mass is 10.1. The Kier molecular flexibility index (Phi) is 7.13. The molecule has 1 aromatic carbocycles. The van der Waals surface area contributed by atoms with Crippen molar-refractivity contribution in [2.75, 3.05) is 36.4 Å². The van der Waals surface area contributed by atoms with Crippen LogP contribution in [0.2, 0.25) is 0 Å². The van der Waals surface area contributed by atoms with Crippen LogP contribution in [0.1, 0.15) is 25.3 Å². The molecular weight excluding hydrogens is 368 g/mol. The van der Waals surface area contributed by atoms with Gasteiger partial charge in [-0.1, -0.05) is 12.1 Å². The van der Waals surface area contributed by atoms with Gasteiger partial charge in [-0.15, -0.1) is 0 Å². The number of benzene rings is 1. The third kappa shape index (κ3) is 6.25. The molecule has 8 nitrogen and oxygen atoms in total. The second-order valence-corrected chi connectivity index (χ2v) is 7.35. The van der Waals surface area contributed by atoms with Crippen LogP contribution in [-0.2, 0) is 16.0 Å². The number of anilines is 2. The molecule has 3 N–H and O–H groups in total. The smallest absolute Gasteiger partial charge is 0.227 e. The van der Waals surface area contributed by atoms with E-state index in [2.05, 4.69) is 20.2 Å². The SMILES string of the molecule is CC(N)CCC(=O)Nc1ccc(CC(=O)N2CCN(c3ncccn3)CC2)cc1. The number of carbonyl (C=O) groups excluding carboxylic acids is 2. The van der Waals surface area contributed by atoms with Crippen LogP contribution in [0.25, 0.3) is 0 Å². The molecule has 1 fully saturated rings. The molecule has 1 saturated heterocycles. The van der Waals surface area contributed by atoms with Crippen LogP contribution in [0.4, 0.5) is 11.6 Å². The standard InChI is InChI=1S/C21H28N6O2/c1-16(22)3-8-19(28)25-18-6-4-17(5-7-18)15-20(29)26-11-13-27(14-12-26)21-23-9-2-10-24-21/h2,4-7,9-10,16H,3,8,11-15,22H2,1H3,(H,25,28). The molecule has 1 atom stereocenters. The van der Waals surface area contributed by atoms with E-state index >= 15 is 0 Å². The Morgan fingerprint density at radius 1 is 1.10 bits per heavy atom. The van der Waals surface area contributed by atoms with Crippen LogP contribution in [0.5, 0.6) is 0 Å². The highest BCUT2D eigenvalue weighted by Gasteiger charge is 2.22. The predicted molar refractivity (Wildman–Crippen MR) is 112 cm³/mol. The van der Waals surface area contributed by atoms with Crippen molar-refractivity contribution in [2.45, 2.75) is 32.2 Å². The fourth-order valence-electron chi connectivity index (χ4n) is 3.18. The van der Waals surface area contributed by atoms with Gasteiger partial charge in [0.25, 0.3) is 0 Å². The number of nitrogens with two attached hydrogens (primary N) is 1. The highest BCUT2D eigenvalue weighted by Crippen LogP contribution is 2.14. The maximum Gasteiger partial charge on any atom is 0.227 e. The molecule has 8 heteroatoms. The molecule has 1 aliphatic heterocycles. The molecule has 2 heterocycles. The average Bonchev–Trinajstić information content (AvgIpc) is 2.74. The van der Waals surface area contributed by atoms with Crippen molar-refractivity contribution in [3.63, 3.8) is 0 Å². The average molecular weight is 396 g/mol. The van der Waals surface area contributed by atoms with Crippen molar-refractivity contribution in [2.24, 2.45) is 5.73 Å². The van der Waals surface area contributed by atoms with E-state index in [0.717, 1.165) is 24.3 Å². The van der Waals surface area contributed by atoms with Gasteiger partial charge in [0, 0.05) is 56.7 Å². The first-order valence-electron chi connectivity index (χ1n) is 9.95. The molecule has 1 aliphatic rings.